The van der Waals surface area contributed by atoms with Crippen molar-refractivity contribution in [3.05, 3.63) is 60.2 Å². The third-order valence-electron chi connectivity index (χ3n) is 5.90. The number of nitrogens with zero attached hydrogens (tertiary/aromatic N) is 3. The van der Waals surface area contributed by atoms with Crippen LogP contribution >= 0.6 is 0 Å². The average molecular weight is 466 g/mol. The maximum atomic E-state index is 10.7. The van der Waals surface area contributed by atoms with Crippen molar-refractivity contribution in [2.45, 2.75) is 51.5 Å². The minimum atomic E-state index is -0.557. The molecule has 7 nitrogen and oxygen atoms in total. The fourth-order valence-corrected chi connectivity index (χ4v) is 4.07. The highest BCUT2D eigenvalue weighted by Crippen LogP contribution is 2.39. The zero-order chi connectivity index (χ0) is 24.1. The van der Waals surface area contributed by atoms with Gasteiger partial charge in [0, 0.05) is 31.7 Å². The highest BCUT2D eigenvalue weighted by molar-refractivity contribution is 5.66. The zero-order valence-corrected chi connectivity index (χ0v) is 20.5. The van der Waals surface area contributed by atoms with E-state index in [1.54, 1.807) is 11.8 Å². The Morgan fingerprint density at radius 3 is 2.38 bits per heavy atom. The molecule has 1 fully saturated rings. The van der Waals surface area contributed by atoms with Crippen molar-refractivity contribution in [3.63, 3.8) is 0 Å². The minimum Gasteiger partial charge on any atom is -0.493 e. The SMILES string of the molecule is COc1ccccc1Oc1c(CN(CC(O)COC(C)C)C2CC2)c(-c2ccccc2)nn1C. The Bertz CT molecular complexity index is 1060. The molecule has 1 atom stereocenters. The van der Waals surface area contributed by atoms with Gasteiger partial charge in [0.2, 0.25) is 5.88 Å². The van der Waals surface area contributed by atoms with Gasteiger partial charge in [-0.3, -0.25) is 4.90 Å². The second-order valence-corrected chi connectivity index (χ2v) is 9.07. The summed E-state index contributed by atoms with van der Waals surface area (Å²) < 4.78 is 19.3. The summed E-state index contributed by atoms with van der Waals surface area (Å²) in [6.07, 6.45) is 1.79. The van der Waals surface area contributed by atoms with Crippen LogP contribution in [0.3, 0.4) is 0 Å². The molecule has 1 N–H and O–H groups in total. The molecule has 1 aliphatic carbocycles. The van der Waals surface area contributed by atoms with E-state index in [4.69, 9.17) is 19.3 Å². The first-order valence-corrected chi connectivity index (χ1v) is 11.9. The van der Waals surface area contributed by atoms with Gasteiger partial charge in [0.15, 0.2) is 11.5 Å². The van der Waals surface area contributed by atoms with Crippen molar-refractivity contribution in [3.8, 4) is 28.6 Å². The highest BCUT2D eigenvalue weighted by Gasteiger charge is 2.33. The first-order chi connectivity index (χ1) is 16.5. The van der Waals surface area contributed by atoms with Gasteiger partial charge >= 0.3 is 0 Å². The van der Waals surface area contributed by atoms with Crippen LogP contribution in [0.2, 0.25) is 0 Å². The number of methoxy groups -OCH3 is 1. The molecule has 3 aromatic rings. The van der Waals surface area contributed by atoms with Crippen LogP contribution in [0.4, 0.5) is 0 Å². The van der Waals surface area contributed by atoms with E-state index in [0.29, 0.717) is 43.1 Å². The number of aryl methyl sites for hydroxylation is 1. The lowest BCUT2D eigenvalue weighted by atomic mass is 10.1. The summed E-state index contributed by atoms with van der Waals surface area (Å²) in [6, 6.07) is 18.2. The van der Waals surface area contributed by atoms with E-state index in [2.05, 4.69) is 17.0 Å². The van der Waals surface area contributed by atoms with E-state index in [-0.39, 0.29) is 6.10 Å². The Morgan fingerprint density at radius 1 is 1.06 bits per heavy atom. The van der Waals surface area contributed by atoms with E-state index in [9.17, 15) is 5.11 Å². The number of para-hydroxylation sites is 2. The summed E-state index contributed by atoms with van der Waals surface area (Å²) >= 11 is 0. The molecule has 182 valence electrons. The van der Waals surface area contributed by atoms with Gasteiger partial charge in [0.05, 0.1) is 31.5 Å². The molecular formula is C27H35N3O4. The molecule has 2 aromatic carbocycles. The van der Waals surface area contributed by atoms with Gasteiger partial charge in [-0.15, -0.1) is 0 Å². The lowest BCUT2D eigenvalue weighted by molar-refractivity contribution is -0.0107. The summed E-state index contributed by atoms with van der Waals surface area (Å²) in [4.78, 5) is 2.33. The van der Waals surface area contributed by atoms with Crippen LogP contribution in [0.1, 0.15) is 32.3 Å². The molecular weight excluding hydrogens is 430 g/mol. The van der Waals surface area contributed by atoms with Gasteiger partial charge in [-0.1, -0.05) is 42.5 Å². The van der Waals surface area contributed by atoms with Crippen LogP contribution in [0.5, 0.6) is 17.4 Å². The fourth-order valence-electron chi connectivity index (χ4n) is 4.07. The molecule has 0 amide bonds. The lowest BCUT2D eigenvalue weighted by Crippen LogP contribution is -2.36. The molecule has 4 rings (SSSR count). The fraction of sp³-hybridized carbons (Fsp3) is 0.444. The number of aliphatic hydroxyl groups excluding tert-OH is 1. The Balaban J connectivity index is 1.67. The number of benzene rings is 2. The van der Waals surface area contributed by atoms with Crippen molar-refractivity contribution in [1.82, 2.24) is 14.7 Å². The Labute approximate surface area is 201 Å². The molecule has 0 saturated heterocycles. The molecule has 34 heavy (non-hydrogen) atoms. The molecule has 0 aliphatic heterocycles. The van der Waals surface area contributed by atoms with Crippen LogP contribution in [0.25, 0.3) is 11.3 Å². The molecule has 1 heterocycles. The highest BCUT2D eigenvalue weighted by atomic mass is 16.5. The van der Waals surface area contributed by atoms with Crippen LogP contribution in [-0.4, -0.2) is 58.3 Å². The number of hydrogen-bond donors (Lipinski definition) is 1. The van der Waals surface area contributed by atoms with Gasteiger partial charge in [-0.05, 0) is 38.8 Å². The molecule has 1 aliphatic rings. The summed E-state index contributed by atoms with van der Waals surface area (Å²) in [7, 11) is 3.53. The second kappa shape index (κ2) is 11.0. The Hall–Kier alpha value is -2.87. The molecule has 7 heteroatoms. The monoisotopic (exact) mass is 465 g/mol. The molecule has 0 spiro atoms. The average Bonchev–Trinajstić information content (AvgIpc) is 3.64. The predicted octanol–water partition coefficient (Wildman–Crippen LogP) is 4.64. The molecule has 1 saturated carbocycles. The maximum absolute atomic E-state index is 10.7. The van der Waals surface area contributed by atoms with Crippen molar-refractivity contribution in [2.75, 3.05) is 20.3 Å². The number of aromatic nitrogens is 2. The van der Waals surface area contributed by atoms with E-state index in [1.165, 1.54) is 0 Å². The molecule has 0 radical (unpaired) electrons. The Morgan fingerprint density at radius 2 is 1.74 bits per heavy atom. The maximum Gasteiger partial charge on any atom is 0.222 e. The van der Waals surface area contributed by atoms with E-state index in [1.807, 2.05) is 63.4 Å². The normalized spacial score (nSPS) is 14.6. The third-order valence-corrected chi connectivity index (χ3v) is 5.90. The molecule has 1 aromatic heterocycles. The van der Waals surface area contributed by atoms with Crippen LogP contribution in [0, 0.1) is 0 Å². The standard InChI is InChI=1S/C27H35N3O4/c1-19(2)33-18-22(31)16-30(21-14-15-21)17-23-26(20-10-6-5-7-11-20)28-29(3)27(23)34-25-13-9-8-12-24(25)32-4/h5-13,19,21-22,31H,14-18H2,1-4H3. The van der Waals surface area contributed by atoms with Gasteiger partial charge in [-0.25, -0.2) is 4.68 Å². The first kappa shape index (κ1) is 24.3. The van der Waals surface area contributed by atoms with E-state index >= 15 is 0 Å². The van der Waals surface area contributed by atoms with Crippen molar-refractivity contribution in [2.24, 2.45) is 7.05 Å². The minimum absolute atomic E-state index is 0.0906. The largest absolute Gasteiger partial charge is 0.493 e. The third kappa shape index (κ3) is 5.97. The zero-order valence-electron chi connectivity index (χ0n) is 20.5. The second-order valence-electron chi connectivity index (χ2n) is 9.07. The number of rotatable bonds is 12. The van der Waals surface area contributed by atoms with E-state index < -0.39 is 6.10 Å². The number of ether oxygens (including phenoxy) is 3. The Kier molecular flexibility index (Phi) is 7.88. The first-order valence-electron chi connectivity index (χ1n) is 11.9. The topological polar surface area (TPSA) is 69.0 Å². The quantitative estimate of drug-likeness (QED) is 0.420. The van der Waals surface area contributed by atoms with Gasteiger partial charge in [0.1, 0.15) is 5.69 Å². The van der Waals surface area contributed by atoms with Crippen molar-refractivity contribution in [1.29, 1.82) is 0 Å². The van der Waals surface area contributed by atoms with Crippen LogP contribution < -0.4 is 9.47 Å². The predicted molar refractivity (Wildman–Crippen MR) is 132 cm³/mol. The van der Waals surface area contributed by atoms with Crippen molar-refractivity contribution >= 4 is 0 Å². The number of aliphatic hydroxyl groups is 1. The lowest BCUT2D eigenvalue weighted by Gasteiger charge is -2.26. The molecule has 1 unspecified atom stereocenters. The van der Waals surface area contributed by atoms with Gasteiger partial charge in [-0.2, -0.15) is 5.10 Å². The summed E-state index contributed by atoms with van der Waals surface area (Å²) in [5, 5.41) is 15.5. The van der Waals surface area contributed by atoms with E-state index in [0.717, 1.165) is 29.7 Å². The van der Waals surface area contributed by atoms with Crippen molar-refractivity contribution < 1.29 is 19.3 Å². The summed E-state index contributed by atoms with van der Waals surface area (Å²) in [5.74, 6) is 1.97. The smallest absolute Gasteiger partial charge is 0.222 e. The summed E-state index contributed by atoms with van der Waals surface area (Å²) in [5.41, 5.74) is 2.90. The van der Waals surface area contributed by atoms with Crippen LogP contribution in [0.15, 0.2) is 54.6 Å². The number of hydrogen-bond acceptors (Lipinski definition) is 6. The summed E-state index contributed by atoms with van der Waals surface area (Å²) in [6.45, 7) is 5.44. The van der Waals surface area contributed by atoms with Crippen LogP contribution in [-0.2, 0) is 18.3 Å². The van der Waals surface area contributed by atoms with Gasteiger partial charge < -0.3 is 19.3 Å². The molecule has 0 bridgehead atoms. The van der Waals surface area contributed by atoms with Gasteiger partial charge in [0.25, 0.3) is 0 Å².